The standard InChI is InChI=1S/C18H16N2O/c1-12-8-9-13(2)15(10-12)16-11-19-17(18(21)20-16)14-6-4-3-5-7-14/h3-11H,1-2H3,(H,20,21). The van der Waals surface area contributed by atoms with Gasteiger partial charge in [-0.1, -0.05) is 48.0 Å². The topological polar surface area (TPSA) is 45.8 Å². The van der Waals surface area contributed by atoms with Gasteiger partial charge in [0, 0.05) is 11.1 Å². The molecule has 3 nitrogen and oxygen atoms in total. The van der Waals surface area contributed by atoms with Crippen molar-refractivity contribution in [2.24, 2.45) is 0 Å². The van der Waals surface area contributed by atoms with Crippen LogP contribution < -0.4 is 5.56 Å². The Morgan fingerprint density at radius 1 is 1.00 bits per heavy atom. The van der Waals surface area contributed by atoms with E-state index in [9.17, 15) is 4.79 Å². The molecule has 3 rings (SSSR count). The van der Waals surface area contributed by atoms with Gasteiger partial charge in [0.05, 0.1) is 11.9 Å². The van der Waals surface area contributed by atoms with Crippen LogP contribution in [0.1, 0.15) is 11.1 Å². The molecule has 0 unspecified atom stereocenters. The molecule has 0 aliphatic heterocycles. The summed E-state index contributed by atoms with van der Waals surface area (Å²) in [4.78, 5) is 19.6. The summed E-state index contributed by atoms with van der Waals surface area (Å²) in [6, 6.07) is 15.7. The fourth-order valence-corrected chi connectivity index (χ4v) is 2.37. The van der Waals surface area contributed by atoms with Crippen molar-refractivity contribution in [1.82, 2.24) is 9.97 Å². The first-order chi connectivity index (χ1) is 10.1. The predicted octanol–water partition coefficient (Wildman–Crippen LogP) is 3.72. The second-order valence-electron chi connectivity index (χ2n) is 5.16. The zero-order chi connectivity index (χ0) is 14.8. The lowest BCUT2D eigenvalue weighted by Gasteiger charge is -2.08. The van der Waals surface area contributed by atoms with Gasteiger partial charge < -0.3 is 4.98 Å². The second kappa shape index (κ2) is 5.37. The van der Waals surface area contributed by atoms with Gasteiger partial charge in [0.2, 0.25) is 0 Å². The Labute approximate surface area is 123 Å². The molecule has 0 fully saturated rings. The normalized spacial score (nSPS) is 10.6. The molecule has 0 saturated carbocycles. The third kappa shape index (κ3) is 2.63. The van der Waals surface area contributed by atoms with E-state index in [0.717, 1.165) is 27.9 Å². The Kier molecular flexibility index (Phi) is 3.40. The molecule has 0 amide bonds. The van der Waals surface area contributed by atoms with Crippen LogP contribution in [0.25, 0.3) is 22.5 Å². The summed E-state index contributed by atoms with van der Waals surface area (Å²) in [5.74, 6) is 0. The van der Waals surface area contributed by atoms with Crippen molar-refractivity contribution in [1.29, 1.82) is 0 Å². The summed E-state index contributed by atoms with van der Waals surface area (Å²) in [6.07, 6.45) is 1.73. The van der Waals surface area contributed by atoms with Crippen molar-refractivity contribution >= 4 is 0 Å². The van der Waals surface area contributed by atoms with Crippen molar-refractivity contribution < 1.29 is 0 Å². The van der Waals surface area contributed by atoms with E-state index in [0.29, 0.717) is 5.69 Å². The summed E-state index contributed by atoms with van der Waals surface area (Å²) < 4.78 is 0. The van der Waals surface area contributed by atoms with Gasteiger partial charge in [-0.15, -0.1) is 0 Å². The number of nitrogens with one attached hydrogen (secondary N) is 1. The first-order valence-corrected chi connectivity index (χ1v) is 6.87. The van der Waals surface area contributed by atoms with Crippen LogP contribution in [0.15, 0.2) is 59.5 Å². The average molecular weight is 276 g/mol. The Balaban J connectivity index is 2.10. The van der Waals surface area contributed by atoms with Gasteiger partial charge in [-0.05, 0) is 25.5 Å². The highest BCUT2D eigenvalue weighted by atomic mass is 16.1. The van der Waals surface area contributed by atoms with Crippen LogP contribution in [0.4, 0.5) is 0 Å². The lowest BCUT2D eigenvalue weighted by atomic mass is 10.0. The molecule has 104 valence electrons. The molecule has 0 aliphatic rings. The van der Waals surface area contributed by atoms with E-state index in [1.807, 2.05) is 50.2 Å². The molecule has 0 radical (unpaired) electrons. The quantitative estimate of drug-likeness (QED) is 0.775. The van der Waals surface area contributed by atoms with Crippen molar-refractivity contribution in [2.45, 2.75) is 13.8 Å². The molecule has 0 atom stereocenters. The van der Waals surface area contributed by atoms with Gasteiger partial charge in [0.15, 0.2) is 0 Å². The first kappa shape index (κ1) is 13.3. The molecule has 3 heteroatoms. The third-order valence-corrected chi connectivity index (χ3v) is 3.52. The average Bonchev–Trinajstić information content (AvgIpc) is 2.50. The summed E-state index contributed by atoms with van der Waals surface area (Å²) in [5, 5.41) is 0. The minimum atomic E-state index is -0.167. The molecule has 1 N–H and O–H groups in total. The third-order valence-electron chi connectivity index (χ3n) is 3.52. The van der Waals surface area contributed by atoms with Gasteiger partial charge in [0.25, 0.3) is 5.56 Å². The number of aryl methyl sites for hydroxylation is 2. The van der Waals surface area contributed by atoms with E-state index in [-0.39, 0.29) is 5.56 Å². The molecule has 1 heterocycles. The maximum Gasteiger partial charge on any atom is 0.274 e. The minimum absolute atomic E-state index is 0.167. The number of nitrogens with zero attached hydrogens (tertiary/aromatic N) is 1. The van der Waals surface area contributed by atoms with E-state index < -0.39 is 0 Å². The van der Waals surface area contributed by atoms with E-state index in [4.69, 9.17) is 0 Å². The lowest BCUT2D eigenvalue weighted by molar-refractivity contribution is 1.14. The van der Waals surface area contributed by atoms with Crippen LogP contribution in [0.5, 0.6) is 0 Å². The van der Waals surface area contributed by atoms with Crippen molar-refractivity contribution in [3.8, 4) is 22.5 Å². The van der Waals surface area contributed by atoms with E-state index >= 15 is 0 Å². The molecule has 0 saturated heterocycles. The highest BCUT2D eigenvalue weighted by Crippen LogP contribution is 2.22. The molecule has 21 heavy (non-hydrogen) atoms. The van der Waals surface area contributed by atoms with Gasteiger partial charge in [-0.2, -0.15) is 0 Å². The van der Waals surface area contributed by atoms with Crippen molar-refractivity contribution in [3.05, 3.63) is 76.2 Å². The van der Waals surface area contributed by atoms with Crippen LogP contribution in [-0.2, 0) is 0 Å². The molecule has 2 aromatic carbocycles. The van der Waals surface area contributed by atoms with Crippen molar-refractivity contribution in [3.63, 3.8) is 0 Å². The van der Waals surface area contributed by atoms with Gasteiger partial charge in [-0.3, -0.25) is 4.79 Å². The summed E-state index contributed by atoms with van der Waals surface area (Å²) in [6.45, 7) is 4.06. The highest BCUT2D eigenvalue weighted by molar-refractivity contribution is 5.65. The van der Waals surface area contributed by atoms with Crippen LogP contribution in [0.2, 0.25) is 0 Å². The minimum Gasteiger partial charge on any atom is -0.319 e. The van der Waals surface area contributed by atoms with Gasteiger partial charge >= 0.3 is 0 Å². The molecule has 1 aromatic heterocycles. The van der Waals surface area contributed by atoms with E-state index in [2.05, 4.69) is 22.1 Å². The molecule has 0 aliphatic carbocycles. The van der Waals surface area contributed by atoms with Crippen LogP contribution in [0.3, 0.4) is 0 Å². The summed E-state index contributed by atoms with van der Waals surface area (Å²) in [5.41, 5.74) is 5.14. The maximum atomic E-state index is 12.3. The number of hydrogen-bond donors (Lipinski definition) is 1. The Morgan fingerprint density at radius 3 is 2.48 bits per heavy atom. The molecule has 3 aromatic rings. The van der Waals surface area contributed by atoms with E-state index in [1.165, 1.54) is 0 Å². The molecule has 0 bridgehead atoms. The van der Waals surface area contributed by atoms with E-state index in [1.54, 1.807) is 6.20 Å². The molecular weight excluding hydrogens is 260 g/mol. The maximum absolute atomic E-state index is 12.3. The smallest absolute Gasteiger partial charge is 0.274 e. The predicted molar refractivity (Wildman–Crippen MR) is 85.2 cm³/mol. The van der Waals surface area contributed by atoms with Gasteiger partial charge in [-0.25, -0.2) is 4.98 Å². The van der Waals surface area contributed by atoms with Crippen molar-refractivity contribution in [2.75, 3.05) is 0 Å². The highest BCUT2D eigenvalue weighted by Gasteiger charge is 2.08. The zero-order valence-corrected chi connectivity index (χ0v) is 12.1. The fraction of sp³-hybridized carbons (Fsp3) is 0.111. The Morgan fingerprint density at radius 2 is 1.76 bits per heavy atom. The van der Waals surface area contributed by atoms with Gasteiger partial charge in [0.1, 0.15) is 5.69 Å². The Hall–Kier alpha value is -2.68. The van der Waals surface area contributed by atoms with Crippen LogP contribution in [0, 0.1) is 13.8 Å². The van der Waals surface area contributed by atoms with Crippen LogP contribution in [-0.4, -0.2) is 9.97 Å². The number of benzene rings is 2. The number of rotatable bonds is 2. The SMILES string of the molecule is Cc1ccc(C)c(-c2cnc(-c3ccccc3)c(=O)[nH]2)c1. The summed E-state index contributed by atoms with van der Waals surface area (Å²) in [7, 11) is 0. The number of hydrogen-bond acceptors (Lipinski definition) is 2. The monoisotopic (exact) mass is 276 g/mol. The fourth-order valence-electron chi connectivity index (χ4n) is 2.37. The number of aromatic nitrogens is 2. The number of H-pyrrole nitrogens is 1. The molecular formula is C18H16N2O. The zero-order valence-electron chi connectivity index (χ0n) is 12.1. The summed E-state index contributed by atoms with van der Waals surface area (Å²) >= 11 is 0. The second-order valence-corrected chi connectivity index (χ2v) is 5.16. The largest absolute Gasteiger partial charge is 0.319 e. The Bertz CT molecular complexity index is 835. The lowest BCUT2D eigenvalue weighted by Crippen LogP contribution is -2.12. The molecule has 0 spiro atoms. The van der Waals surface area contributed by atoms with Crippen LogP contribution >= 0.6 is 0 Å². The first-order valence-electron chi connectivity index (χ1n) is 6.87. The number of aromatic amines is 1.